The fourth-order valence-electron chi connectivity index (χ4n) is 1.57. The van der Waals surface area contributed by atoms with Crippen LogP contribution in [0.4, 0.5) is 0 Å². The number of aromatic nitrogens is 3. The van der Waals surface area contributed by atoms with E-state index in [4.69, 9.17) is 5.11 Å². The predicted molar refractivity (Wildman–Crippen MR) is 64.1 cm³/mol. The number of carbonyl (C=O) groups excluding carboxylic acids is 1. The normalized spacial score (nSPS) is 12.6. The smallest absolute Gasteiger partial charge is 0.350 e. The predicted octanol–water partition coefficient (Wildman–Crippen LogP) is -1.01. The number of amides is 1. The van der Waals surface area contributed by atoms with Crippen LogP contribution in [0.5, 0.6) is 0 Å². The number of hydrogen-bond acceptors (Lipinski definition) is 4. The first-order chi connectivity index (χ1) is 8.61. The maximum absolute atomic E-state index is 11.9. The van der Waals surface area contributed by atoms with Crippen molar-refractivity contribution in [3.63, 3.8) is 0 Å². The summed E-state index contributed by atoms with van der Waals surface area (Å²) in [6.45, 7) is 1.36. The quantitative estimate of drug-likeness (QED) is 0.728. The van der Waals surface area contributed by atoms with Crippen LogP contribution >= 0.6 is 0 Å². The molecule has 0 spiro atoms. The van der Waals surface area contributed by atoms with Crippen molar-refractivity contribution in [3.05, 3.63) is 34.9 Å². The molecule has 1 amide bonds. The number of aliphatic hydroxyl groups is 1. The molecule has 1 atom stereocenters. The van der Waals surface area contributed by atoms with Gasteiger partial charge in [0.1, 0.15) is 6.54 Å². The first-order valence-electron chi connectivity index (χ1n) is 5.56. The summed E-state index contributed by atoms with van der Waals surface area (Å²) in [7, 11) is 0. The van der Waals surface area contributed by atoms with E-state index in [0.717, 1.165) is 4.68 Å². The zero-order valence-corrected chi connectivity index (χ0v) is 9.91. The highest BCUT2D eigenvalue weighted by Gasteiger charge is 2.11. The average Bonchev–Trinajstić information content (AvgIpc) is 2.66. The van der Waals surface area contributed by atoms with Crippen molar-refractivity contribution in [2.45, 2.75) is 19.5 Å². The standard InChI is InChI=1S/C11H14N4O3/c1-8(7-16)12-10(17)6-15-11(18)14-5-3-2-4-9(14)13-15/h2-5,8,16H,6-7H2,1H3,(H,12,17)/t8-/m1/s1. The molecule has 7 heteroatoms. The molecule has 18 heavy (non-hydrogen) atoms. The topological polar surface area (TPSA) is 88.6 Å². The summed E-state index contributed by atoms with van der Waals surface area (Å²) in [6, 6.07) is 4.82. The number of rotatable bonds is 4. The SMILES string of the molecule is C[C@H](CO)NC(=O)Cn1nc2ccccn2c1=O. The van der Waals surface area contributed by atoms with E-state index in [2.05, 4.69) is 10.4 Å². The Kier molecular flexibility index (Phi) is 3.42. The van der Waals surface area contributed by atoms with Gasteiger partial charge in [-0.2, -0.15) is 0 Å². The van der Waals surface area contributed by atoms with E-state index in [9.17, 15) is 9.59 Å². The highest BCUT2D eigenvalue weighted by Crippen LogP contribution is 1.94. The minimum atomic E-state index is -0.364. The highest BCUT2D eigenvalue weighted by molar-refractivity contribution is 5.75. The van der Waals surface area contributed by atoms with Gasteiger partial charge < -0.3 is 10.4 Å². The molecule has 96 valence electrons. The van der Waals surface area contributed by atoms with Crippen molar-refractivity contribution in [2.75, 3.05) is 6.61 Å². The van der Waals surface area contributed by atoms with Crippen molar-refractivity contribution >= 4 is 11.6 Å². The summed E-state index contributed by atoms with van der Waals surface area (Å²) >= 11 is 0. The van der Waals surface area contributed by atoms with Gasteiger partial charge in [0.2, 0.25) is 5.91 Å². The average molecular weight is 250 g/mol. The Morgan fingerprint density at radius 2 is 2.33 bits per heavy atom. The van der Waals surface area contributed by atoms with E-state index in [1.807, 2.05) is 0 Å². The minimum absolute atomic E-state index is 0.147. The van der Waals surface area contributed by atoms with Crippen LogP contribution in [-0.4, -0.2) is 37.8 Å². The van der Waals surface area contributed by atoms with Gasteiger partial charge in [-0.05, 0) is 19.1 Å². The number of nitrogens with one attached hydrogen (secondary N) is 1. The van der Waals surface area contributed by atoms with E-state index < -0.39 is 0 Å². The lowest BCUT2D eigenvalue weighted by Crippen LogP contribution is -2.39. The van der Waals surface area contributed by atoms with Crippen molar-refractivity contribution in [2.24, 2.45) is 0 Å². The molecule has 0 aromatic carbocycles. The Labute approximate surface area is 103 Å². The van der Waals surface area contributed by atoms with Gasteiger partial charge in [-0.1, -0.05) is 6.07 Å². The third-order valence-electron chi connectivity index (χ3n) is 2.46. The van der Waals surface area contributed by atoms with Crippen LogP contribution in [0.1, 0.15) is 6.92 Å². The van der Waals surface area contributed by atoms with Gasteiger partial charge in [0.25, 0.3) is 0 Å². The van der Waals surface area contributed by atoms with Gasteiger partial charge in [-0.3, -0.25) is 9.20 Å². The van der Waals surface area contributed by atoms with Gasteiger partial charge in [0.05, 0.1) is 6.61 Å². The molecule has 0 aliphatic rings. The Morgan fingerprint density at radius 3 is 3.00 bits per heavy atom. The van der Waals surface area contributed by atoms with Crippen molar-refractivity contribution < 1.29 is 9.90 Å². The molecule has 2 rings (SSSR count). The molecule has 0 aliphatic carbocycles. The molecule has 0 saturated carbocycles. The van der Waals surface area contributed by atoms with Crippen LogP contribution in [0, 0.1) is 0 Å². The molecule has 0 fully saturated rings. The first kappa shape index (κ1) is 12.3. The molecule has 2 N–H and O–H groups in total. The second kappa shape index (κ2) is 5.01. The molecular weight excluding hydrogens is 236 g/mol. The Balaban J connectivity index is 2.20. The molecular formula is C11H14N4O3. The summed E-state index contributed by atoms with van der Waals surface area (Å²) in [5.74, 6) is -0.359. The largest absolute Gasteiger partial charge is 0.394 e. The van der Waals surface area contributed by atoms with Crippen LogP contribution in [0.25, 0.3) is 5.65 Å². The molecule has 7 nitrogen and oxygen atoms in total. The minimum Gasteiger partial charge on any atom is -0.394 e. The number of aliphatic hydroxyl groups excluding tert-OH is 1. The molecule has 2 aromatic rings. The van der Waals surface area contributed by atoms with E-state index in [-0.39, 0.29) is 30.8 Å². The molecule has 2 heterocycles. The lowest BCUT2D eigenvalue weighted by molar-refractivity contribution is -0.122. The zero-order chi connectivity index (χ0) is 13.1. The van der Waals surface area contributed by atoms with E-state index in [1.54, 1.807) is 31.3 Å². The van der Waals surface area contributed by atoms with Gasteiger partial charge in [-0.25, -0.2) is 9.48 Å². The van der Waals surface area contributed by atoms with Crippen LogP contribution in [0.15, 0.2) is 29.2 Å². The van der Waals surface area contributed by atoms with Crippen LogP contribution in [0.2, 0.25) is 0 Å². The number of fused-ring (bicyclic) bond motifs is 1. The number of nitrogens with zero attached hydrogens (tertiary/aromatic N) is 3. The summed E-state index contributed by atoms with van der Waals surface area (Å²) < 4.78 is 2.46. The first-order valence-corrected chi connectivity index (χ1v) is 5.56. The third-order valence-corrected chi connectivity index (χ3v) is 2.46. The second-order valence-corrected chi connectivity index (χ2v) is 4.02. The van der Waals surface area contributed by atoms with Crippen molar-refractivity contribution in [1.82, 2.24) is 19.5 Å². The lowest BCUT2D eigenvalue weighted by Gasteiger charge is -2.09. The summed E-state index contributed by atoms with van der Waals surface area (Å²) in [5, 5.41) is 15.4. The van der Waals surface area contributed by atoms with E-state index in [0.29, 0.717) is 5.65 Å². The lowest BCUT2D eigenvalue weighted by atomic mass is 10.3. The Hall–Kier alpha value is -2.15. The third kappa shape index (κ3) is 2.40. The van der Waals surface area contributed by atoms with Gasteiger partial charge >= 0.3 is 5.69 Å². The molecule has 0 radical (unpaired) electrons. The molecule has 0 unspecified atom stereocenters. The van der Waals surface area contributed by atoms with Crippen molar-refractivity contribution in [1.29, 1.82) is 0 Å². The number of hydrogen-bond donors (Lipinski definition) is 2. The molecule has 0 aliphatic heterocycles. The summed E-state index contributed by atoms with van der Waals surface area (Å²) in [4.78, 5) is 23.4. The second-order valence-electron chi connectivity index (χ2n) is 4.02. The molecule has 0 bridgehead atoms. The fraction of sp³-hybridized carbons (Fsp3) is 0.364. The maximum Gasteiger partial charge on any atom is 0.350 e. The monoisotopic (exact) mass is 250 g/mol. The Morgan fingerprint density at radius 1 is 1.56 bits per heavy atom. The summed E-state index contributed by atoms with van der Waals surface area (Å²) in [5.41, 5.74) is 0.128. The Bertz CT molecular complexity index is 616. The zero-order valence-electron chi connectivity index (χ0n) is 9.91. The van der Waals surface area contributed by atoms with Crippen molar-refractivity contribution in [3.8, 4) is 0 Å². The summed E-state index contributed by atoms with van der Waals surface area (Å²) in [6.07, 6.45) is 1.59. The van der Waals surface area contributed by atoms with Gasteiger partial charge in [0, 0.05) is 12.2 Å². The van der Waals surface area contributed by atoms with E-state index in [1.165, 1.54) is 4.40 Å². The maximum atomic E-state index is 11.9. The van der Waals surface area contributed by atoms with E-state index >= 15 is 0 Å². The fourth-order valence-corrected chi connectivity index (χ4v) is 1.57. The number of pyridine rings is 1. The van der Waals surface area contributed by atoms with Gasteiger partial charge in [-0.15, -0.1) is 5.10 Å². The highest BCUT2D eigenvalue weighted by atomic mass is 16.3. The van der Waals surface area contributed by atoms with Crippen LogP contribution < -0.4 is 11.0 Å². The van der Waals surface area contributed by atoms with Crippen LogP contribution in [-0.2, 0) is 11.3 Å². The van der Waals surface area contributed by atoms with Crippen LogP contribution in [0.3, 0.4) is 0 Å². The molecule has 0 saturated heterocycles. The molecule has 2 aromatic heterocycles. The van der Waals surface area contributed by atoms with Gasteiger partial charge in [0.15, 0.2) is 5.65 Å². The number of carbonyl (C=O) groups is 1.